The first-order valence-electron chi connectivity index (χ1n) is 12.4. The number of nitrogens with zero attached hydrogens (tertiary/aromatic N) is 2. The quantitative estimate of drug-likeness (QED) is 0.266. The standard InChI is InChI=1S/C28H32F4N2O3/c1-18-16-33-24-4-3-20(36-2)15-21(24)26(18)22(30)5-6-28(17-35)7-9-34(10-8-28)11-12-37-25-14-19(29)13-23(31)27(25)32/h3-4,13-16,22,35H,5-12,17H2,1-2H3/t22-/m0/s1. The minimum absolute atomic E-state index is 0.0399. The van der Waals surface area contributed by atoms with E-state index in [4.69, 9.17) is 9.47 Å². The Bertz CT molecular complexity index is 1230. The van der Waals surface area contributed by atoms with Crippen LogP contribution in [0.2, 0.25) is 0 Å². The molecule has 0 unspecified atom stereocenters. The number of methoxy groups -OCH3 is 1. The Kier molecular flexibility index (Phi) is 8.54. The Morgan fingerprint density at radius 1 is 1.14 bits per heavy atom. The first-order chi connectivity index (χ1) is 17.7. The number of halogens is 4. The molecule has 200 valence electrons. The summed E-state index contributed by atoms with van der Waals surface area (Å²) in [5, 5.41) is 10.9. The summed E-state index contributed by atoms with van der Waals surface area (Å²) in [6.07, 6.45) is 2.60. The average molecular weight is 521 g/mol. The number of pyridine rings is 1. The van der Waals surface area contributed by atoms with Crippen molar-refractivity contribution in [3.63, 3.8) is 0 Å². The summed E-state index contributed by atoms with van der Waals surface area (Å²) in [7, 11) is 1.57. The number of aliphatic hydroxyl groups is 1. The lowest BCUT2D eigenvalue weighted by atomic mass is 9.74. The third kappa shape index (κ3) is 6.15. The van der Waals surface area contributed by atoms with E-state index in [9.17, 15) is 18.3 Å². The molecule has 0 radical (unpaired) electrons. The normalized spacial score (nSPS) is 16.6. The molecule has 0 amide bonds. The van der Waals surface area contributed by atoms with E-state index in [1.54, 1.807) is 19.4 Å². The van der Waals surface area contributed by atoms with Gasteiger partial charge in [0.1, 0.15) is 24.3 Å². The van der Waals surface area contributed by atoms with Crippen LogP contribution in [0.15, 0.2) is 36.5 Å². The fourth-order valence-electron chi connectivity index (χ4n) is 5.07. The van der Waals surface area contributed by atoms with Gasteiger partial charge in [0.25, 0.3) is 0 Å². The number of hydrogen-bond donors (Lipinski definition) is 1. The molecule has 0 spiro atoms. The van der Waals surface area contributed by atoms with Crippen molar-refractivity contribution < 1.29 is 32.1 Å². The van der Waals surface area contributed by atoms with Crippen molar-refractivity contribution in [2.75, 3.05) is 40.0 Å². The number of aromatic nitrogens is 1. The fourth-order valence-corrected chi connectivity index (χ4v) is 5.07. The highest BCUT2D eigenvalue weighted by atomic mass is 19.2. The summed E-state index contributed by atoms with van der Waals surface area (Å²) in [5.74, 6) is -3.22. The Balaban J connectivity index is 1.33. The molecule has 37 heavy (non-hydrogen) atoms. The first kappa shape index (κ1) is 27.1. The van der Waals surface area contributed by atoms with Crippen LogP contribution in [0.4, 0.5) is 17.6 Å². The van der Waals surface area contributed by atoms with Gasteiger partial charge < -0.3 is 14.6 Å². The van der Waals surface area contributed by atoms with Crippen LogP contribution in [0.1, 0.15) is 43.0 Å². The van der Waals surface area contributed by atoms with Gasteiger partial charge >= 0.3 is 0 Å². The summed E-state index contributed by atoms with van der Waals surface area (Å²) in [5.41, 5.74) is 1.69. The molecule has 0 bridgehead atoms. The zero-order chi connectivity index (χ0) is 26.6. The lowest BCUT2D eigenvalue weighted by Crippen LogP contribution is -2.43. The number of rotatable bonds is 10. The van der Waals surface area contributed by atoms with Crippen LogP contribution in [0.3, 0.4) is 0 Å². The summed E-state index contributed by atoms with van der Waals surface area (Å²) < 4.78 is 66.7. The summed E-state index contributed by atoms with van der Waals surface area (Å²) in [6, 6.07) is 6.72. The van der Waals surface area contributed by atoms with Crippen molar-refractivity contribution in [3.8, 4) is 11.5 Å². The van der Waals surface area contributed by atoms with E-state index in [2.05, 4.69) is 9.88 Å². The highest BCUT2D eigenvalue weighted by molar-refractivity contribution is 5.84. The molecule has 2 aromatic carbocycles. The number of ether oxygens (including phenoxy) is 2. The number of benzene rings is 2. The third-order valence-corrected chi connectivity index (χ3v) is 7.43. The molecule has 1 aliphatic heterocycles. The highest BCUT2D eigenvalue weighted by Crippen LogP contribution is 2.41. The van der Waals surface area contributed by atoms with Crippen molar-refractivity contribution in [2.24, 2.45) is 5.41 Å². The number of piperidine rings is 1. The van der Waals surface area contributed by atoms with Gasteiger partial charge in [-0.3, -0.25) is 9.88 Å². The molecule has 1 aliphatic rings. The van der Waals surface area contributed by atoms with Gasteiger partial charge in [0.05, 0.1) is 12.6 Å². The molecule has 0 saturated carbocycles. The minimum Gasteiger partial charge on any atom is -0.497 e. The monoisotopic (exact) mass is 520 g/mol. The highest BCUT2D eigenvalue weighted by Gasteiger charge is 2.35. The van der Waals surface area contributed by atoms with Crippen LogP contribution < -0.4 is 9.47 Å². The van der Waals surface area contributed by atoms with Crippen LogP contribution in [0, 0.1) is 29.8 Å². The second-order valence-corrected chi connectivity index (χ2v) is 9.79. The van der Waals surface area contributed by atoms with Crippen molar-refractivity contribution in [2.45, 2.75) is 38.8 Å². The van der Waals surface area contributed by atoms with Gasteiger partial charge in [-0.15, -0.1) is 0 Å². The first-order valence-corrected chi connectivity index (χ1v) is 12.4. The molecule has 1 N–H and O–H groups in total. The largest absolute Gasteiger partial charge is 0.497 e. The third-order valence-electron chi connectivity index (χ3n) is 7.43. The van der Waals surface area contributed by atoms with Gasteiger partial charge in [-0.05, 0) is 80.4 Å². The van der Waals surface area contributed by atoms with Crippen molar-refractivity contribution in [1.29, 1.82) is 0 Å². The molecular formula is C28H32F4N2O3. The van der Waals surface area contributed by atoms with E-state index in [1.165, 1.54) is 0 Å². The van der Waals surface area contributed by atoms with Crippen molar-refractivity contribution in [1.82, 2.24) is 9.88 Å². The number of aliphatic hydroxyl groups excluding tert-OH is 1. The second kappa shape index (κ2) is 11.6. The molecule has 2 heterocycles. The zero-order valence-corrected chi connectivity index (χ0v) is 21.1. The predicted molar refractivity (Wildman–Crippen MR) is 133 cm³/mol. The van der Waals surface area contributed by atoms with Gasteiger partial charge in [0.2, 0.25) is 5.82 Å². The van der Waals surface area contributed by atoms with E-state index < -0.39 is 34.8 Å². The smallest absolute Gasteiger partial charge is 0.200 e. The molecule has 3 aromatic rings. The summed E-state index contributed by atoms with van der Waals surface area (Å²) in [4.78, 5) is 6.49. The minimum atomic E-state index is -1.29. The van der Waals surface area contributed by atoms with E-state index in [0.717, 1.165) is 17.0 Å². The molecule has 1 aromatic heterocycles. The molecule has 4 rings (SSSR count). The van der Waals surface area contributed by atoms with Crippen LogP contribution in [0.5, 0.6) is 11.5 Å². The van der Waals surface area contributed by atoms with Gasteiger partial charge in [-0.1, -0.05) is 0 Å². The predicted octanol–water partition coefficient (Wildman–Crippen LogP) is 5.91. The van der Waals surface area contributed by atoms with Gasteiger partial charge in [-0.2, -0.15) is 4.39 Å². The maximum absolute atomic E-state index is 15.7. The van der Waals surface area contributed by atoms with E-state index in [0.29, 0.717) is 61.8 Å². The van der Waals surface area contributed by atoms with E-state index in [-0.39, 0.29) is 19.6 Å². The van der Waals surface area contributed by atoms with Gasteiger partial charge in [0.15, 0.2) is 11.6 Å². The Hall–Kier alpha value is -2.91. The van der Waals surface area contributed by atoms with Crippen LogP contribution in [-0.2, 0) is 0 Å². The molecule has 1 atom stereocenters. The van der Waals surface area contributed by atoms with Crippen molar-refractivity contribution >= 4 is 10.9 Å². The summed E-state index contributed by atoms with van der Waals surface area (Å²) >= 11 is 0. The van der Waals surface area contributed by atoms with E-state index in [1.807, 2.05) is 19.1 Å². The number of fused-ring (bicyclic) bond motifs is 1. The fraction of sp³-hybridized carbons (Fsp3) is 0.464. The van der Waals surface area contributed by atoms with Crippen LogP contribution in [-0.4, -0.2) is 54.9 Å². The Labute approximate surface area is 214 Å². The van der Waals surface area contributed by atoms with Crippen LogP contribution >= 0.6 is 0 Å². The zero-order valence-electron chi connectivity index (χ0n) is 21.1. The molecule has 1 saturated heterocycles. The molecular weight excluding hydrogens is 488 g/mol. The van der Waals surface area contributed by atoms with Crippen LogP contribution in [0.25, 0.3) is 10.9 Å². The maximum atomic E-state index is 15.7. The molecule has 5 nitrogen and oxygen atoms in total. The molecule has 9 heteroatoms. The number of hydrogen-bond acceptors (Lipinski definition) is 5. The average Bonchev–Trinajstić information content (AvgIpc) is 2.90. The topological polar surface area (TPSA) is 54.8 Å². The molecule has 0 aliphatic carbocycles. The van der Waals surface area contributed by atoms with E-state index >= 15 is 4.39 Å². The second-order valence-electron chi connectivity index (χ2n) is 9.79. The van der Waals surface area contributed by atoms with Gasteiger partial charge in [0, 0.05) is 36.9 Å². The Morgan fingerprint density at radius 2 is 1.89 bits per heavy atom. The maximum Gasteiger partial charge on any atom is 0.200 e. The Morgan fingerprint density at radius 3 is 2.59 bits per heavy atom. The number of likely N-dealkylation sites (tertiary alicyclic amines) is 1. The van der Waals surface area contributed by atoms with Crippen molar-refractivity contribution in [3.05, 3.63) is 65.1 Å². The molecule has 1 fully saturated rings. The number of aryl methyl sites for hydroxylation is 1. The summed E-state index contributed by atoms with van der Waals surface area (Å²) in [6.45, 7) is 3.61. The lowest BCUT2D eigenvalue weighted by Gasteiger charge is -2.41. The number of alkyl halides is 1. The van der Waals surface area contributed by atoms with Gasteiger partial charge in [-0.25, -0.2) is 13.2 Å². The SMILES string of the molecule is COc1ccc2ncc(C)c([C@@H](F)CCC3(CO)CCN(CCOc4cc(F)cc(F)c4F)CC3)c2c1. The lowest BCUT2D eigenvalue weighted by molar-refractivity contribution is 0.0264.